The van der Waals surface area contributed by atoms with E-state index in [0.717, 1.165) is 16.6 Å². The molecule has 0 N–H and O–H groups in total. The van der Waals surface area contributed by atoms with E-state index >= 15 is 0 Å². The van der Waals surface area contributed by atoms with Crippen LogP contribution in [0.25, 0.3) is 22.0 Å². The van der Waals surface area contributed by atoms with Crippen LogP contribution in [-0.4, -0.2) is 14.9 Å². The zero-order valence-electron chi connectivity index (χ0n) is 13.1. The fourth-order valence-corrected chi connectivity index (χ4v) is 2.64. The Bertz CT molecular complexity index is 1060. The van der Waals surface area contributed by atoms with Crippen molar-refractivity contribution in [3.8, 4) is 11.3 Å². The Kier molecular flexibility index (Phi) is 3.46. The van der Waals surface area contributed by atoms with Crippen LogP contribution in [0.3, 0.4) is 0 Å². The molecule has 2 aromatic carbocycles. The van der Waals surface area contributed by atoms with Crippen molar-refractivity contribution in [3.63, 3.8) is 0 Å². The van der Waals surface area contributed by atoms with Gasteiger partial charge in [0.1, 0.15) is 12.2 Å². The molecule has 0 atom stereocenters. The van der Waals surface area contributed by atoms with Crippen LogP contribution in [-0.2, 0) is 6.54 Å². The minimum absolute atomic E-state index is 0.138. The zero-order chi connectivity index (χ0) is 16.5. The Balaban J connectivity index is 1.66. The molecule has 0 bridgehead atoms. The van der Waals surface area contributed by atoms with E-state index in [4.69, 9.17) is 4.52 Å². The molecule has 0 aliphatic rings. The van der Waals surface area contributed by atoms with E-state index in [1.807, 2.05) is 55.5 Å². The normalized spacial score (nSPS) is 11.0. The largest absolute Gasteiger partial charge is 0.359 e. The van der Waals surface area contributed by atoms with Crippen LogP contribution in [0.5, 0.6) is 0 Å². The molecule has 0 aliphatic heterocycles. The average molecular weight is 317 g/mol. The maximum atomic E-state index is 12.5. The Morgan fingerprint density at radius 1 is 1.08 bits per heavy atom. The summed E-state index contributed by atoms with van der Waals surface area (Å²) in [6, 6.07) is 17.3. The standard InChI is InChI=1S/C19H15N3O2/c1-13-6-8-14(9-7-13)18-10-16(24-21-18)12-22-19(23)17-5-3-2-4-15(17)11-20-22/h2-11H,12H2,1H3. The summed E-state index contributed by atoms with van der Waals surface area (Å²) in [6.45, 7) is 2.29. The summed E-state index contributed by atoms with van der Waals surface area (Å²) < 4.78 is 6.76. The number of hydrogen-bond donors (Lipinski definition) is 0. The van der Waals surface area contributed by atoms with Crippen LogP contribution >= 0.6 is 0 Å². The monoisotopic (exact) mass is 317 g/mol. The minimum Gasteiger partial charge on any atom is -0.359 e. The molecule has 5 nitrogen and oxygen atoms in total. The van der Waals surface area contributed by atoms with Crippen molar-refractivity contribution in [2.24, 2.45) is 0 Å². The van der Waals surface area contributed by atoms with Gasteiger partial charge in [0.05, 0.1) is 11.6 Å². The second-order valence-electron chi connectivity index (χ2n) is 5.74. The van der Waals surface area contributed by atoms with Crippen molar-refractivity contribution >= 4 is 10.8 Å². The molecule has 0 amide bonds. The highest BCUT2D eigenvalue weighted by Gasteiger charge is 2.10. The number of aromatic nitrogens is 3. The van der Waals surface area contributed by atoms with E-state index in [-0.39, 0.29) is 12.1 Å². The van der Waals surface area contributed by atoms with Crippen LogP contribution in [0.4, 0.5) is 0 Å². The molecular weight excluding hydrogens is 302 g/mol. The first-order chi connectivity index (χ1) is 11.7. The Morgan fingerprint density at radius 2 is 1.88 bits per heavy atom. The molecule has 0 radical (unpaired) electrons. The van der Waals surface area contributed by atoms with Gasteiger partial charge in [0.2, 0.25) is 0 Å². The first kappa shape index (κ1) is 14.4. The minimum atomic E-state index is -0.138. The van der Waals surface area contributed by atoms with Crippen molar-refractivity contribution in [2.45, 2.75) is 13.5 Å². The van der Waals surface area contributed by atoms with Crippen LogP contribution in [0.15, 0.2) is 70.1 Å². The Morgan fingerprint density at radius 3 is 2.71 bits per heavy atom. The van der Waals surface area contributed by atoms with Crippen LogP contribution in [0, 0.1) is 6.92 Å². The van der Waals surface area contributed by atoms with Gasteiger partial charge in [0.15, 0.2) is 5.76 Å². The van der Waals surface area contributed by atoms with Crippen molar-refractivity contribution in [2.75, 3.05) is 0 Å². The van der Waals surface area contributed by atoms with Crippen LogP contribution < -0.4 is 5.56 Å². The van der Waals surface area contributed by atoms with Crippen molar-refractivity contribution in [1.82, 2.24) is 14.9 Å². The molecule has 0 unspecified atom stereocenters. The van der Waals surface area contributed by atoms with Crippen LogP contribution in [0.2, 0.25) is 0 Å². The van der Waals surface area contributed by atoms with Crippen LogP contribution in [0.1, 0.15) is 11.3 Å². The van der Waals surface area contributed by atoms with Gasteiger partial charge in [-0.25, -0.2) is 4.68 Å². The summed E-state index contributed by atoms with van der Waals surface area (Å²) in [5.74, 6) is 0.593. The summed E-state index contributed by atoms with van der Waals surface area (Å²) in [5, 5.41) is 9.77. The maximum absolute atomic E-state index is 12.5. The van der Waals surface area contributed by atoms with Gasteiger partial charge < -0.3 is 4.52 Å². The lowest BCUT2D eigenvalue weighted by Gasteiger charge is -2.03. The second-order valence-corrected chi connectivity index (χ2v) is 5.74. The number of aryl methyl sites for hydroxylation is 1. The van der Waals surface area contributed by atoms with Gasteiger partial charge >= 0.3 is 0 Å². The molecule has 0 spiro atoms. The molecule has 0 saturated carbocycles. The smallest absolute Gasteiger partial charge is 0.275 e. The van der Waals surface area contributed by atoms with Gasteiger partial charge in [0, 0.05) is 17.0 Å². The predicted octanol–water partition coefficient (Wildman–Crippen LogP) is 3.41. The summed E-state index contributed by atoms with van der Waals surface area (Å²) in [7, 11) is 0. The first-order valence-corrected chi connectivity index (χ1v) is 7.68. The van der Waals surface area contributed by atoms with Crippen molar-refractivity contribution in [3.05, 3.63) is 82.5 Å². The maximum Gasteiger partial charge on any atom is 0.275 e. The molecule has 2 heterocycles. The number of fused-ring (bicyclic) bond motifs is 1. The molecule has 0 fully saturated rings. The molecular formula is C19H15N3O2. The van der Waals surface area contributed by atoms with E-state index in [1.165, 1.54) is 10.2 Å². The quantitative estimate of drug-likeness (QED) is 0.581. The van der Waals surface area contributed by atoms with Gasteiger partial charge in [-0.1, -0.05) is 53.2 Å². The molecule has 0 aliphatic carbocycles. The SMILES string of the molecule is Cc1ccc(-c2cc(Cn3ncc4ccccc4c3=O)on2)cc1. The third-order valence-electron chi connectivity index (χ3n) is 3.97. The third-order valence-corrected chi connectivity index (χ3v) is 3.97. The van der Waals surface area contributed by atoms with Gasteiger partial charge in [-0.2, -0.15) is 5.10 Å². The molecule has 2 aromatic heterocycles. The Hall–Kier alpha value is -3.21. The van der Waals surface area contributed by atoms with Gasteiger partial charge in [0.25, 0.3) is 5.56 Å². The van der Waals surface area contributed by atoms with Gasteiger partial charge in [-0.05, 0) is 13.0 Å². The van der Waals surface area contributed by atoms with Gasteiger partial charge in [-0.3, -0.25) is 4.79 Å². The van der Waals surface area contributed by atoms with Crippen molar-refractivity contribution < 1.29 is 4.52 Å². The third kappa shape index (κ3) is 2.60. The van der Waals surface area contributed by atoms with E-state index in [2.05, 4.69) is 10.3 Å². The zero-order valence-corrected chi connectivity index (χ0v) is 13.1. The fraction of sp³-hybridized carbons (Fsp3) is 0.105. The molecule has 118 valence electrons. The fourth-order valence-electron chi connectivity index (χ4n) is 2.64. The number of benzene rings is 2. The first-order valence-electron chi connectivity index (χ1n) is 7.68. The summed E-state index contributed by atoms with van der Waals surface area (Å²) in [6.07, 6.45) is 1.69. The molecule has 5 heteroatoms. The van der Waals surface area contributed by atoms with Crippen molar-refractivity contribution in [1.29, 1.82) is 0 Å². The molecule has 4 rings (SSSR count). The highest BCUT2D eigenvalue weighted by molar-refractivity contribution is 5.80. The van der Waals surface area contributed by atoms with E-state index < -0.39 is 0 Å². The molecule has 4 aromatic rings. The average Bonchev–Trinajstić information content (AvgIpc) is 3.07. The summed E-state index contributed by atoms with van der Waals surface area (Å²) in [4.78, 5) is 12.5. The predicted molar refractivity (Wildman–Crippen MR) is 91.8 cm³/mol. The summed E-state index contributed by atoms with van der Waals surface area (Å²) >= 11 is 0. The lowest BCUT2D eigenvalue weighted by molar-refractivity contribution is 0.371. The molecule has 0 saturated heterocycles. The Labute approximate surface area is 138 Å². The van der Waals surface area contributed by atoms with Gasteiger partial charge in [-0.15, -0.1) is 0 Å². The highest BCUT2D eigenvalue weighted by atomic mass is 16.5. The highest BCUT2D eigenvalue weighted by Crippen LogP contribution is 2.20. The van der Waals surface area contributed by atoms with E-state index in [0.29, 0.717) is 11.1 Å². The lowest BCUT2D eigenvalue weighted by Crippen LogP contribution is -2.23. The number of nitrogens with zero attached hydrogens (tertiary/aromatic N) is 3. The second kappa shape index (κ2) is 5.77. The molecule has 24 heavy (non-hydrogen) atoms. The van der Waals surface area contributed by atoms with E-state index in [9.17, 15) is 4.79 Å². The topological polar surface area (TPSA) is 60.9 Å². The summed E-state index contributed by atoms with van der Waals surface area (Å²) in [5.41, 5.74) is 2.78. The number of rotatable bonds is 3. The number of hydrogen-bond acceptors (Lipinski definition) is 4. The van der Waals surface area contributed by atoms with E-state index in [1.54, 1.807) is 12.3 Å². The lowest BCUT2D eigenvalue weighted by atomic mass is 10.1.